The van der Waals surface area contributed by atoms with Crippen molar-refractivity contribution in [1.29, 1.82) is 0 Å². The number of piperidine rings is 1. The normalized spacial score (nSPS) is 27.8. The average Bonchev–Trinajstić information content (AvgIpc) is 2.56. The number of nitrogens with one attached hydrogen (secondary N) is 2. The molecule has 4 heteroatoms. The van der Waals surface area contributed by atoms with Crippen LogP contribution in [0.15, 0.2) is 0 Å². The van der Waals surface area contributed by atoms with Crippen LogP contribution in [0.4, 0.5) is 0 Å². The summed E-state index contributed by atoms with van der Waals surface area (Å²) in [5.74, 6) is 1.11. The molecule has 2 rings (SSSR count). The van der Waals surface area contributed by atoms with Gasteiger partial charge in [0.25, 0.3) is 0 Å². The molecule has 2 heterocycles. The van der Waals surface area contributed by atoms with Gasteiger partial charge in [-0.25, -0.2) is 0 Å². The quantitative estimate of drug-likeness (QED) is 0.785. The van der Waals surface area contributed by atoms with Crippen LogP contribution < -0.4 is 10.6 Å². The predicted molar refractivity (Wildman–Crippen MR) is 73.5 cm³/mol. The monoisotopic (exact) mass is 253 g/mol. The van der Waals surface area contributed by atoms with E-state index in [1.807, 2.05) is 0 Å². The van der Waals surface area contributed by atoms with E-state index in [1.165, 1.54) is 25.9 Å². The molecule has 1 amide bonds. The zero-order valence-corrected chi connectivity index (χ0v) is 11.6. The molecule has 2 N–H and O–H groups in total. The van der Waals surface area contributed by atoms with E-state index in [2.05, 4.69) is 22.5 Å². The highest BCUT2D eigenvalue weighted by atomic mass is 16.1. The molecule has 4 nitrogen and oxygen atoms in total. The standard InChI is InChI=1S/C14H27N3O/c1-12-4-8-17(9-5-12)10-7-15-13-3-2-6-16-14(18)11-13/h12-13,15H,2-11H2,1H3,(H,16,18). The summed E-state index contributed by atoms with van der Waals surface area (Å²) in [6, 6.07) is 0.385. The van der Waals surface area contributed by atoms with Crippen molar-refractivity contribution in [2.75, 3.05) is 32.7 Å². The van der Waals surface area contributed by atoms with Gasteiger partial charge in [-0.05, 0) is 44.7 Å². The van der Waals surface area contributed by atoms with E-state index in [-0.39, 0.29) is 5.91 Å². The fraction of sp³-hybridized carbons (Fsp3) is 0.929. The molecule has 0 radical (unpaired) electrons. The maximum Gasteiger partial charge on any atom is 0.221 e. The summed E-state index contributed by atoms with van der Waals surface area (Å²) in [7, 11) is 0. The van der Waals surface area contributed by atoms with Gasteiger partial charge in [0.15, 0.2) is 0 Å². The summed E-state index contributed by atoms with van der Waals surface area (Å²) in [6.45, 7) is 7.83. The molecule has 1 atom stereocenters. The van der Waals surface area contributed by atoms with Gasteiger partial charge in [-0.3, -0.25) is 4.79 Å². The van der Waals surface area contributed by atoms with E-state index in [0.717, 1.165) is 38.4 Å². The highest BCUT2D eigenvalue weighted by molar-refractivity contribution is 5.76. The Balaban J connectivity index is 1.61. The highest BCUT2D eigenvalue weighted by Crippen LogP contribution is 2.15. The van der Waals surface area contributed by atoms with E-state index < -0.39 is 0 Å². The molecule has 0 aliphatic carbocycles. The minimum Gasteiger partial charge on any atom is -0.356 e. The van der Waals surface area contributed by atoms with Crippen LogP contribution in [0.1, 0.15) is 39.0 Å². The van der Waals surface area contributed by atoms with Crippen molar-refractivity contribution in [2.45, 2.75) is 45.1 Å². The second-order valence-electron chi connectivity index (χ2n) is 5.87. The zero-order chi connectivity index (χ0) is 12.8. The van der Waals surface area contributed by atoms with Crippen molar-refractivity contribution in [3.05, 3.63) is 0 Å². The molecule has 0 bridgehead atoms. The first-order valence-corrected chi connectivity index (χ1v) is 7.46. The van der Waals surface area contributed by atoms with Crippen LogP contribution in [0.5, 0.6) is 0 Å². The molecule has 0 aromatic heterocycles. The fourth-order valence-corrected chi connectivity index (χ4v) is 2.86. The smallest absolute Gasteiger partial charge is 0.221 e. The Labute approximate surface area is 110 Å². The molecular formula is C14H27N3O. The Kier molecular flexibility index (Phi) is 5.45. The molecule has 104 valence electrons. The second-order valence-corrected chi connectivity index (χ2v) is 5.87. The molecule has 2 aliphatic rings. The topological polar surface area (TPSA) is 44.4 Å². The molecule has 18 heavy (non-hydrogen) atoms. The molecule has 2 saturated heterocycles. The summed E-state index contributed by atoms with van der Waals surface area (Å²) in [5, 5.41) is 6.48. The maximum atomic E-state index is 11.4. The van der Waals surface area contributed by atoms with Gasteiger partial charge in [-0.2, -0.15) is 0 Å². The van der Waals surface area contributed by atoms with Crippen LogP contribution in [0, 0.1) is 5.92 Å². The summed E-state index contributed by atoms with van der Waals surface area (Å²) >= 11 is 0. The van der Waals surface area contributed by atoms with Gasteiger partial charge in [0.2, 0.25) is 5.91 Å². The van der Waals surface area contributed by atoms with Crippen LogP contribution in [-0.4, -0.2) is 49.6 Å². The Morgan fingerprint density at radius 1 is 1.33 bits per heavy atom. The molecule has 0 aromatic rings. The van der Waals surface area contributed by atoms with Crippen LogP contribution >= 0.6 is 0 Å². The lowest BCUT2D eigenvalue weighted by Crippen LogP contribution is -2.41. The van der Waals surface area contributed by atoms with Crippen molar-refractivity contribution in [2.24, 2.45) is 5.92 Å². The molecule has 0 aromatic carbocycles. The van der Waals surface area contributed by atoms with E-state index in [9.17, 15) is 4.79 Å². The Hall–Kier alpha value is -0.610. The number of carbonyl (C=O) groups is 1. The first kappa shape index (κ1) is 13.8. The van der Waals surface area contributed by atoms with Crippen LogP contribution in [0.3, 0.4) is 0 Å². The third-order valence-corrected chi connectivity index (χ3v) is 4.22. The third kappa shape index (κ3) is 4.58. The van der Waals surface area contributed by atoms with Crippen molar-refractivity contribution in [3.63, 3.8) is 0 Å². The van der Waals surface area contributed by atoms with Crippen molar-refractivity contribution < 1.29 is 4.79 Å². The predicted octanol–water partition coefficient (Wildman–Crippen LogP) is 0.977. The Morgan fingerprint density at radius 3 is 2.89 bits per heavy atom. The Bertz CT molecular complexity index is 262. The number of nitrogens with zero attached hydrogens (tertiary/aromatic N) is 1. The lowest BCUT2D eigenvalue weighted by molar-refractivity contribution is -0.121. The summed E-state index contributed by atoms with van der Waals surface area (Å²) in [4.78, 5) is 14.0. The first-order chi connectivity index (χ1) is 8.74. The van der Waals surface area contributed by atoms with E-state index in [0.29, 0.717) is 12.5 Å². The molecule has 2 aliphatic heterocycles. The number of likely N-dealkylation sites (tertiary alicyclic amines) is 1. The molecule has 0 saturated carbocycles. The maximum absolute atomic E-state index is 11.4. The summed E-state index contributed by atoms with van der Waals surface area (Å²) in [5.41, 5.74) is 0. The third-order valence-electron chi connectivity index (χ3n) is 4.22. The largest absolute Gasteiger partial charge is 0.356 e. The lowest BCUT2D eigenvalue weighted by Gasteiger charge is -2.30. The van der Waals surface area contributed by atoms with E-state index in [1.54, 1.807) is 0 Å². The highest BCUT2D eigenvalue weighted by Gasteiger charge is 2.18. The van der Waals surface area contributed by atoms with Gasteiger partial charge in [0.05, 0.1) is 0 Å². The van der Waals surface area contributed by atoms with E-state index >= 15 is 0 Å². The summed E-state index contributed by atoms with van der Waals surface area (Å²) in [6.07, 6.45) is 5.55. The minimum atomic E-state index is 0.205. The number of hydrogen-bond acceptors (Lipinski definition) is 3. The van der Waals surface area contributed by atoms with Gasteiger partial charge in [0.1, 0.15) is 0 Å². The SMILES string of the molecule is CC1CCN(CCNC2CCCNC(=O)C2)CC1. The van der Waals surface area contributed by atoms with Crippen molar-refractivity contribution in [1.82, 2.24) is 15.5 Å². The zero-order valence-electron chi connectivity index (χ0n) is 11.6. The van der Waals surface area contributed by atoms with Crippen LogP contribution in [-0.2, 0) is 4.79 Å². The van der Waals surface area contributed by atoms with E-state index in [4.69, 9.17) is 0 Å². The average molecular weight is 253 g/mol. The Morgan fingerprint density at radius 2 is 2.11 bits per heavy atom. The number of rotatable bonds is 4. The van der Waals surface area contributed by atoms with Gasteiger partial charge in [-0.15, -0.1) is 0 Å². The molecule has 2 fully saturated rings. The summed E-state index contributed by atoms with van der Waals surface area (Å²) < 4.78 is 0. The van der Waals surface area contributed by atoms with Crippen molar-refractivity contribution >= 4 is 5.91 Å². The second kappa shape index (κ2) is 7.10. The van der Waals surface area contributed by atoms with Crippen molar-refractivity contribution in [3.8, 4) is 0 Å². The van der Waals surface area contributed by atoms with Gasteiger partial charge >= 0.3 is 0 Å². The number of carbonyl (C=O) groups excluding carboxylic acids is 1. The van der Waals surface area contributed by atoms with Gasteiger partial charge in [0, 0.05) is 32.1 Å². The van der Waals surface area contributed by atoms with Gasteiger partial charge in [-0.1, -0.05) is 6.92 Å². The van der Waals surface area contributed by atoms with Crippen LogP contribution in [0.2, 0.25) is 0 Å². The lowest BCUT2D eigenvalue weighted by atomic mass is 9.99. The van der Waals surface area contributed by atoms with Crippen LogP contribution in [0.25, 0.3) is 0 Å². The molecule has 0 spiro atoms. The molecular weight excluding hydrogens is 226 g/mol. The number of hydrogen-bond donors (Lipinski definition) is 2. The minimum absolute atomic E-state index is 0.205. The van der Waals surface area contributed by atoms with Gasteiger partial charge < -0.3 is 15.5 Å². The number of amides is 1. The molecule has 1 unspecified atom stereocenters. The first-order valence-electron chi connectivity index (χ1n) is 7.46. The fourth-order valence-electron chi connectivity index (χ4n) is 2.86.